The molecule has 0 saturated heterocycles. The Hall–Kier alpha value is -2.34. The molecule has 7 heteroatoms. The highest BCUT2D eigenvalue weighted by atomic mass is 35.5. The molecule has 140 valence electrons. The highest BCUT2D eigenvalue weighted by molar-refractivity contribution is 6.31. The van der Waals surface area contributed by atoms with Crippen LogP contribution >= 0.6 is 11.6 Å². The molecule has 0 aliphatic rings. The minimum Gasteiger partial charge on any atom is -0.508 e. The molecule has 0 aliphatic heterocycles. The molecular formula is C19H20ClF2NO3. The number of likely N-dealkylation sites (N-methyl/N-ethyl adjacent to an activating group) is 1. The van der Waals surface area contributed by atoms with Crippen molar-refractivity contribution in [2.24, 2.45) is 0 Å². The van der Waals surface area contributed by atoms with E-state index < -0.39 is 29.9 Å². The average Bonchev–Trinajstić information content (AvgIpc) is 2.61. The number of carbonyl (C=O) groups excluding carboxylic acids is 1. The van der Waals surface area contributed by atoms with Crippen LogP contribution in [0, 0.1) is 11.6 Å². The summed E-state index contributed by atoms with van der Waals surface area (Å²) in [5.74, 6) is -2.99. The van der Waals surface area contributed by atoms with Crippen molar-refractivity contribution in [3.8, 4) is 11.5 Å². The van der Waals surface area contributed by atoms with Crippen molar-refractivity contribution in [3.63, 3.8) is 0 Å². The molecule has 0 heterocycles. The maximum Gasteiger partial charge on any atom is 0.257 e. The summed E-state index contributed by atoms with van der Waals surface area (Å²) in [5, 5.41) is 12.2. The predicted molar refractivity (Wildman–Crippen MR) is 95.9 cm³/mol. The van der Waals surface area contributed by atoms with Crippen LogP contribution in [0.4, 0.5) is 8.78 Å². The Morgan fingerprint density at radius 1 is 1.27 bits per heavy atom. The van der Waals surface area contributed by atoms with Gasteiger partial charge in [-0.25, -0.2) is 4.39 Å². The van der Waals surface area contributed by atoms with Gasteiger partial charge in [0.25, 0.3) is 5.91 Å². The van der Waals surface area contributed by atoms with Gasteiger partial charge in [0, 0.05) is 25.1 Å². The van der Waals surface area contributed by atoms with Crippen LogP contribution in [0.15, 0.2) is 24.3 Å². The number of halogens is 3. The van der Waals surface area contributed by atoms with Crippen molar-refractivity contribution in [1.29, 1.82) is 0 Å². The highest BCUT2D eigenvalue weighted by Gasteiger charge is 2.20. The summed E-state index contributed by atoms with van der Waals surface area (Å²) in [7, 11) is 1.40. The molecular weight excluding hydrogens is 364 g/mol. The lowest BCUT2D eigenvalue weighted by atomic mass is 9.96. The number of nitrogens with one attached hydrogen (secondary N) is 1. The van der Waals surface area contributed by atoms with Crippen molar-refractivity contribution in [2.75, 3.05) is 13.7 Å². The first kappa shape index (κ1) is 20.0. The Morgan fingerprint density at radius 2 is 1.96 bits per heavy atom. The summed E-state index contributed by atoms with van der Waals surface area (Å²) in [6.07, 6.45) is 0.0529. The first-order chi connectivity index (χ1) is 12.2. The Kier molecular flexibility index (Phi) is 6.42. The fourth-order valence-electron chi connectivity index (χ4n) is 2.47. The van der Waals surface area contributed by atoms with E-state index in [1.807, 2.05) is 13.8 Å². The van der Waals surface area contributed by atoms with Gasteiger partial charge in [0.05, 0.1) is 5.02 Å². The van der Waals surface area contributed by atoms with Gasteiger partial charge in [-0.2, -0.15) is 4.39 Å². The van der Waals surface area contributed by atoms with Gasteiger partial charge in [-0.1, -0.05) is 37.6 Å². The monoisotopic (exact) mass is 383 g/mol. The number of hydrogen-bond acceptors (Lipinski definition) is 3. The molecule has 0 bridgehead atoms. The van der Waals surface area contributed by atoms with Gasteiger partial charge in [-0.3, -0.25) is 4.79 Å². The lowest BCUT2D eigenvalue weighted by Gasteiger charge is -2.14. The van der Waals surface area contributed by atoms with Gasteiger partial charge in [0.2, 0.25) is 5.82 Å². The molecule has 2 aromatic rings. The largest absolute Gasteiger partial charge is 0.508 e. The number of hydrogen-bond donors (Lipinski definition) is 2. The van der Waals surface area contributed by atoms with Crippen LogP contribution in [-0.2, 0) is 11.2 Å². The summed E-state index contributed by atoms with van der Waals surface area (Å²) >= 11 is 6.10. The number of aromatic hydroxyl groups is 1. The van der Waals surface area contributed by atoms with Crippen LogP contribution in [0.1, 0.15) is 36.5 Å². The Labute approximate surface area is 155 Å². The molecule has 0 saturated carbocycles. The van der Waals surface area contributed by atoms with Gasteiger partial charge in [0.1, 0.15) is 5.75 Å². The third kappa shape index (κ3) is 4.43. The van der Waals surface area contributed by atoms with Crippen LogP contribution in [0.2, 0.25) is 5.02 Å². The quantitative estimate of drug-likeness (QED) is 0.736. The fourth-order valence-corrected chi connectivity index (χ4v) is 2.72. The van der Waals surface area contributed by atoms with E-state index in [1.165, 1.54) is 13.1 Å². The molecule has 2 N–H and O–H groups in total. The van der Waals surface area contributed by atoms with E-state index in [1.54, 1.807) is 12.1 Å². The van der Waals surface area contributed by atoms with Crippen molar-refractivity contribution >= 4 is 17.5 Å². The number of rotatable bonds is 6. The molecule has 4 nitrogen and oxygen atoms in total. The minimum atomic E-state index is -1.20. The summed E-state index contributed by atoms with van der Waals surface area (Å²) in [4.78, 5) is 11.2. The summed E-state index contributed by atoms with van der Waals surface area (Å²) < 4.78 is 33.7. The second-order valence-corrected chi connectivity index (χ2v) is 6.56. The van der Waals surface area contributed by atoms with Crippen LogP contribution < -0.4 is 10.1 Å². The molecule has 0 atom stereocenters. The maximum atomic E-state index is 14.5. The van der Waals surface area contributed by atoms with E-state index in [0.29, 0.717) is 11.1 Å². The second kappa shape index (κ2) is 8.36. The number of benzene rings is 2. The molecule has 2 rings (SSSR count). The SMILES string of the molecule is CNC(=O)COc1cc(Cl)c(Cc2ccc(O)c(C(C)C)c2)c(F)c1F. The summed E-state index contributed by atoms with van der Waals surface area (Å²) in [6.45, 7) is 3.40. The first-order valence-electron chi connectivity index (χ1n) is 8.06. The summed E-state index contributed by atoms with van der Waals surface area (Å²) in [5.41, 5.74) is 1.38. The number of ether oxygens (including phenoxy) is 1. The Balaban J connectivity index is 2.32. The number of phenols is 1. The topological polar surface area (TPSA) is 58.6 Å². The van der Waals surface area contributed by atoms with Crippen molar-refractivity contribution < 1.29 is 23.4 Å². The van der Waals surface area contributed by atoms with E-state index in [2.05, 4.69) is 5.32 Å². The van der Waals surface area contributed by atoms with Crippen molar-refractivity contribution in [1.82, 2.24) is 5.32 Å². The zero-order valence-electron chi connectivity index (χ0n) is 14.7. The van der Waals surface area contributed by atoms with E-state index in [9.17, 15) is 18.7 Å². The lowest BCUT2D eigenvalue weighted by molar-refractivity contribution is -0.122. The molecule has 0 radical (unpaired) electrons. The molecule has 2 aromatic carbocycles. The van der Waals surface area contributed by atoms with Crippen LogP contribution in [0.25, 0.3) is 0 Å². The molecule has 0 spiro atoms. The standard InChI is InChI=1S/C19H20ClF2NO3/c1-10(2)12-6-11(4-5-15(12)24)7-13-14(20)8-16(19(22)18(13)21)26-9-17(25)23-3/h4-6,8,10,24H,7,9H2,1-3H3,(H,23,25). The van der Waals surface area contributed by atoms with Gasteiger partial charge < -0.3 is 15.2 Å². The number of phenolic OH excluding ortho intramolecular Hbond substituents is 1. The highest BCUT2D eigenvalue weighted by Crippen LogP contribution is 2.33. The number of amides is 1. The van der Waals surface area contributed by atoms with Gasteiger partial charge >= 0.3 is 0 Å². The number of carbonyl (C=O) groups is 1. The van der Waals surface area contributed by atoms with Gasteiger partial charge in [0.15, 0.2) is 18.2 Å². The van der Waals surface area contributed by atoms with Crippen molar-refractivity contribution in [3.05, 3.63) is 57.6 Å². The van der Waals surface area contributed by atoms with Crippen molar-refractivity contribution in [2.45, 2.75) is 26.2 Å². The first-order valence-corrected chi connectivity index (χ1v) is 8.43. The Morgan fingerprint density at radius 3 is 2.58 bits per heavy atom. The van der Waals surface area contributed by atoms with E-state index in [4.69, 9.17) is 16.3 Å². The Bertz CT molecular complexity index is 825. The van der Waals surface area contributed by atoms with E-state index in [0.717, 1.165) is 6.07 Å². The zero-order chi connectivity index (χ0) is 19.4. The molecule has 0 aliphatic carbocycles. The minimum absolute atomic E-state index is 0.00465. The normalized spacial score (nSPS) is 10.9. The second-order valence-electron chi connectivity index (χ2n) is 6.15. The van der Waals surface area contributed by atoms with Gasteiger partial charge in [-0.05, 0) is 23.1 Å². The molecule has 1 amide bonds. The molecule has 0 aromatic heterocycles. The third-order valence-electron chi connectivity index (χ3n) is 3.95. The third-order valence-corrected chi connectivity index (χ3v) is 4.29. The van der Waals surface area contributed by atoms with Crippen LogP contribution in [0.3, 0.4) is 0 Å². The molecule has 0 unspecified atom stereocenters. The van der Waals surface area contributed by atoms with E-state index >= 15 is 0 Å². The lowest BCUT2D eigenvalue weighted by Crippen LogP contribution is -2.25. The molecule has 26 heavy (non-hydrogen) atoms. The van der Waals surface area contributed by atoms with Crippen LogP contribution in [-0.4, -0.2) is 24.7 Å². The fraction of sp³-hybridized carbons (Fsp3) is 0.316. The van der Waals surface area contributed by atoms with E-state index in [-0.39, 0.29) is 28.7 Å². The predicted octanol–water partition coefficient (Wildman–Crippen LogP) is 4.16. The molecule has 0 fully saturated rings. The van der Waals surface area contributed by atoms with Gasteiger partial charge in [-0.15, -0.1) is 0 Å². The summed E-state index contributed by atoms with van der Waals surface area (Å²) in [6, 6.07) is 6.05. The average molecular weight is 384 g/mol. The maximum absolute atomic E-state index is 14.5. The zero-order valence-corrected chi connectivity index (χ0v) is 15.5. The van der Waals surface area contributed by atoms with Crippen LogP contribution in [0.5, 0.6) is 11.5 Å². The smallest absolute Gasteiger partial charge is 0.257 e.